The van der Waals surface area contributed by atoms with E-state index in [9.17, 15) is 13.6 Å². The van der Waals surface area contributed by atoms with Gasteiger partial charge in [-0.25, -0.2) is 18.3 Å². The van der Waals surface area contributed by atoms with Crippen molar-refractivity contribution >= 4 is 23.1 Å². The number of halogens is 2. The Kier molecular flexibility index (Phi) is 5.89. The second-order valence-electron chi connectivity index (χ2n) is 10.5. The number of anilines is 2. The summed E-state index contributed by atoms with van der Waals surface area (Å²) in [6.07, 6.45) is 9.06. The van der Waals surface area contributed by atoms with Crippen LogP contribution in [0.1, 0.15) is 80.4 Å². The van der Waals surface area contributed by atoms with Crippen LogP contribution < -0.4 is 10.2 Å². The monoisotopic (exact) mass is 499 g/mol. The molecule has 1 aliphatic heterocycles. The lowest BCUT2D eigenvalue weighted by Gasteiger charge is -2.48. The number of hydrogen-bond donors (Lipinski definition) is 1. The second kappa shape index (κ2) is 9.10. The van der Waals surface area contributed by atoms with E-state index in [2.05, 4.69) is 27.3 Å². The molecule has 0 unspecified atom stereocenters. The lowest BCUT2D eigenvalue weighted by Crippen LogP contribution is -2.56. The Labute approximate surface area is 207 Å². The molecule has 0 aromatic carbocycles. The van der Waals surface area contributed by atoms with Crippen molar-refractivity contribution in [2.24, 2.45) is 5.92 Å². The summed E-state index contributed by atoms with van der Waals surface area (Å²) >= 11 is 0. The number of hydrogen-bond acceptors (Lipinski definition) is 6. The summed E-state index contributed by atoms with van der Waals surface area (Å²) in [4.78, 5) is 20.1. The number of nitrogens with one attached hydrogen (secondary N) is 1. The molecule has 1 saturated heterocycles. The van der Waals surface area contributed by atoms with Gasteiger partial charge < -0.3 is 15.0 Å². The lowest BCUT2D eigenvalue weighted by atomic mass is 9.79. The molecule has 36 heavy (non-hydrogen) atoms. The van der Waals surface area contributed by atoms with E-state index in [1.807, 2.05) is 6.07 Å². The Hall–Kier alpha value is -3.08. The molecule has 0 atom stereocenters. The van der Waals surface area contributed by atoms with E-state index >= 15 is 0 Å². The Balaban J connectivity index is 1.24. The van der Waals surface area contributed by atoms with E-state index in [0.29, 0.717) is 18.2 Å². The molecule has 1 spiro atoms. The minimum absolute atomic E-state index is 0.0317. The van der Waals surface area contributed by atoms with Gasteiger partial charge in [0.05, 0.1) is 30.1 Å². The van der Waals surface area contributed by atoms with Crippen molar-refractivity contribution in [3.63, 3.8) is 0 Å². The molecule has 1 N–H and O–H groups in total. The van der Waals surface area contributed by atoms with Crippen LogP contribution in [0.3, 0.4) is 0 Å². The molecule has 6 rings (SSSR count). The third kappa shape index (κ3) is 4.23. The standard InChI is InChI=1S/C25H31F2N7O2/c1-16-3-5-17(6-4-16)34-14-19(21(31-34)22(26)27)29-24(35)18-13-28-33-10-7-20(30-23(18)33)32-11-12-36-25(15-32)8-2-9-25/h7,10,13-14,16-17,22H,2-6,8-9,11-12,15H2,1H3,(H,29,35)/t16-,17-. The number of carbonyl (C=O) groups excluding carboxylic acids is 1. The Bertz CT molecular complexity index is 1260. The zero-order chi connectivity index (χ0) is 24.9. The molecular formula is C25H31F2N7O2. The maximum absolute atomic E-state index is 13.8. The quantitative estimate of drug-likeness (QED) is 0.551. The van der Waals surface area contributed by atoms with Crippen LogP contribution in [-0.2, 0) is 4.74 Å². The largest absolute Gasteiger partial charge is 0.371 e. The van der Waals surface area contributed by atoms with E-state index in [1.54, 1.807) is 10.9 Å². The smallest absolute Gasteiger partial charge is 0.284 e. The molecule has 192 valence electrons. The van der Waals surface area contributed by atoms with Crippen molar-refractivity contribution in [1.29, 1.82) is 0 Å². The summed E-state index contributed by atoms with van der Waals surface area (Å²) in [5, 5.41) is 11.1. The van der Waals surface area contributed by atoms with Gasteiger partial charge in [0.1, 0.15) is 11.4 Å². The maximum Gasteiger partial charge on any atom is 0.284 e. The topological polar surface area (TPSA) is 89.6 Å². The first-order chi connectivity index (χ1) is 17.4. The number of amides is 1. The van der Waals surface area contributed by atoms with Crippen LogP contribution in [0.4, 0.5) is 20.3 Å². The number of alkyl halides is 2. The fraction of sp³-hybridized carbons (Fsp3) is 0.600. The number of fused-ring (bicyclic) bond motifs is 1. The van der Waals surface area contributed by atoms with Gasteiger partial charge in [-0.1, -0.05) is 6.92 Å². The molecule has 3 fully saturated rings. The van der Waals surface area contributed by atoms with Gasteiger partial charge in [0.15, 0.2) is 11.3 Å². The molecule has 2 aliphatic carbocycles. The molecule has 2 saturated carbocycles. The first kappa shape index (κ1) is 23.3. The normalized spacial score (nSPS) is 23.8. The minimum Gasteiger partial charge on any atom is -0.371 e. The predicted octanol–water partition coefficient (Wildman–Crippen LogP) is 4.63. The summed E-state index contributed by atoms with van der Waals surface area (Å²) in [5.74, 6) is 0.848. The summed E-state index contributed by atoms with van der Waals surface area (Å²) in [7, 11) is 0. The molecule has 9 nitrogen and oxygen atoms in total. The van der Waals surface area contributed by atoms with E-state index in [-0.39, 0.29) is 22.9 Å². The molecule has 0 bridgehead atoms. The van der Waals surface area contributed by atoms with E-state index < -0.39 is 18.0 Å². The van der Waals surface area contributed by atoms with Crippen molar-refractivity contribution in [3.8, 4) is 0 Å². The number of aromatic nitrogens is 5. The first-order valence-corrected chi connectivity index (χ1v) is 12.8. The van der Waals surface area contributed by atoms with Crippen molar-refractivity contribution in [2.45, 2.75) is 69.9 Å². The Morgan fingerprint density at radius 2 is 2.06 bits per heavy atom. The van der Waals surface area contributed by atoms with Crippen LogP contribution in [0.15, 0.2) is 24.7 Å². The number of morpholine rings is 1. The van der Waals surface area contributed by atoms with Gasteiger partial charge in [0, 0.05) is 25.5 Å². The van der Waals surface area contributed by atoms with Crippen LogP contribution in [0.25, 0.3) is 5.65 Å². The van der Waals surface area contributed by atoms with E-state index in [4.69, 9.17) is 9.72 Å². The second-order valence-corrected chi connectivity index (χ2v) is 10.5. The molecule has 11 heteroatoms. The molecule has 4 heterocycles. The highest BCUT2D eigenvalue weighted by Crippen LogP contribution is 2.39. The van der Waals surface area contributed by atoms with Gasteiger partial charge in [-0.05, 0) is 56.9 Å². The Morgan fingerprint density at radius 3 is 2.78 bits per heavy atom. The van der Waals surface area contributed by atoms with Crippen LogP contribution >= 0.6 is 0 Å². The molecule has 0 radical (unpaired) electrons. The minimum atomic E-state index is -2.79. The van der Waals surface area contributed by atoms with E-state index in [0.717, 1.165) is 57.4 Å². The zero-order valence-electron chi connectivity index (χ0n) is 20.4. The van der Waals surface area contributed by atoms with Gasteiger partial charge in [-0.3, -0.25) is 9.48 Å². The van der Waals surface area contributed by atoms with Crippen LogP contribution in [0.2, 0.25) is 0 Å². The molecule has 3 aromatic heterocycles. The summed E-state index contributed by atoms with van der Waals surface area (Å²) < 4.78 is 36.7. The summed E-state index contributed by atoms with van der Waals surface area (Å²) in [5.41, 5.74) is 0.138. The highest BCUT2D eigenvalue weighted by Gasteiger charge is 2.42. The fourth-order valence-electron chi connectivity index (χ4n) is 5.66. The van der Waals surface area contributed by atoms with Crippen molar-refractivity contribution in [1.82, 2.24) is 24.4 Å². The predicted molar refractivity (Wildman–Crippen MR) is 130 cm³/mol. The molecule has 3 aliphatic rings. The summed E-state index contributed by atoms with van der Waals surface area (Å²) in [6, 6.07) is 1.95. The average molecular weight is 500 g/mol. The van der Waals surface area contributed by atoms with Crippen molar-refractivity contribution in [3.05, 3.63) is 35.9 Å². The van der Waals surface area contributed by atoms with Crippen LogP contribution in [-0.4, -0.2) is 55.6 Å². The number of rotatable bonds is 5. The third-order valence-electron chi connectivity index (χ3n) is 8.01. The maximum atomic E-state index is 13.8. The molecule has 3 aromatic rings. The van der Waals surface area contributed by atoms with Crippen molar-refractivity contribution in [2.75, 3.05) is 29.9 Å². The summed E-state index contributed by atoms with van der Waals surface area (Å²) in [6.45, 7) is 4.33. The highest BCUT2D eigenvalue weighted by atomic mass is 19.3. The van der Waals surface area contributed by atoms with Gasteiger partial charge in [-0.15, -0.1) is 0 Å². The highest BCUT2D eigenvalue weighted by molar-refractivity contribution is 6.08. The average Bonchev–Trinajstić information content (AvgIpc) is 3.48. The SMILES string of the molecule is C[C@H]1CC[C@H](n2cc(NC(=O)c3cnn4ccc(N5CCOC6(CCC6)C5)nc34)c(C(F)F)n2)CC1. The van der Waals surface area contributed by atoms with Gasteiger partial charge in [-0.2, -0.15) is 10.2 Å². The van der Waals surface area contributed by atoms with Gasteiger partial charge in [0.25, 0.3) is 12.3 Å². The zero-order valence-corrected chi connectivity index (χ0v) is 20.4. The number of nitrogens with zero attached hydrogens (tertiary/aromatic N) is 6. The van der Waals surface area contributed by atoms with Gasteiger partial charge in [0.2, 0.25) is 0 Å². The first-order valence-electron chi connectivity index (χ1n) is 12.8. The fourth-order valence-corrected chi connectivity index (χ4v) is 5.66. The molecule has 1 amide bonds. The Morgan fingerprint density at radius 1 is 1.25 bits per heavy atom. The number of carbonyl (C=O) groups is 1. The molecular weight excluding hydrogens is 468 g/mol. The third-order valence-corrected chi connectivity index (χ3v) is 8.01. The number of ether oxygens (including phenoxy) is 1. The van der Waals surface area contributed by atoms with Gasteiger partial charge >= 0.3 is 0 Å². The van der Waals surface area contributed by atoms with Crippen molar-refractivity contribution < 1.29 is 18.3 Å². The van der Waals surface area contributed by atoms with Crippen LogP contribution in [0, 0.1) is 5.92 Å². The van der Waals surface area contributed by atoms with Crippen LogP contribution in [0.5, 0.6) is 0 Å². The van der Waals surface area contributed by atoms with E-state index in [1.165, 1.54) is 23.3 Å². The lowest BCUT2D eigenvalue weighted by molar-refractivity contribution is -0.106.